The number of hydrazine groups is 1. The summed E-state index contributed by atoms with van der Waals surface area (Å²) in [5.74, 6) is 1.37. The Kier molecular flexibility index (Phi) is 20.2. The molecule has 0 bridgehead atoms. The van der Waals surface area contributed by atoms with E-state index < -0.39 is 41.7 Å². The van der Waals surface area contributed by atoms with E-state index in [1.807, 2.05) is 0 Å². The molecule has 0 saturated carbocycles. The number of amidine groups is 1. The van der Waals surface area contributed by atoms with Crippen LogP contribution >= 0.6 is 0 Å². The second-order valence-electron chi connectivity index (χ2n) is 17.3. The van der Waals surface area contributed by atoms with Crippen LogP contribution in [0.15, 0.2) is 60.0 Å². The van der Waals surface area contributed by atoms with Crippen LogP contribution in [0.5, 0.6) is 0 Å². The average molecular weight is 1010 g/mol. The summed E-state index contributed by atoms with van der Waals surface area (Å²) in [5.41, 5.74) is 24.3. The van der Waals surface area contributed by atoms with Crippen LogP contribution in [-0.4, -0.2) is 115 Å². The first-order valence-corrected chi connectivity index (χ1v) is 23.9. The third-order valence-corrected chi connectivity index (χ3v) is 11.6. The number of carboxylic acid groups (broad SMARTS) is 1. The number of unbranched alkanes of at least 4 members (excludes halogenated alkanes) is 2. The topological polar surface area (TPSA) is 386 Å². The highest BCUT2D eigenvalue weighted by Crippen LogP contribution is 2.30. The fourth-order valence-corrected chi connectivity index (χ4v) is 7.88. The van der Waals surface area contributed by atoms with Crippen molar-refractivity contribution in [3.63, 3.8) is 0 Å². The number of nitrogen functional groups attached to an aromatic ring is 2. The summed E-state index contributed by atoms with van der Waals surface area (Å²) in [6.07, 6.45) is 6.98. The molecule has 25 nitrogen and oxygen atoms in total. The molecule has 390 valence electrons. The van der Waals surface area contributed by atoms with Crippen LogP contribution in [0.2, 0.25) is 0 Å². The van der Waals surface area contributed by atoms with Crippen LogP contribution in [0.1, 0.15) is 116 Å². The van der Waals surface area contributed by atoms with Crippen LogP contribution in [0.25, 0.3) is 11.2 Å². The summed E-state index contributed by atoms with van der Waals surface area (Å²) in [4.78, 5) is 109. The first-order valence-electron chi connectivity index (χ1n) is 23.9. The fourth-order valence-electron chi connectivity index (χ4n) is 7.88. The maximum atomic E-state index is 13.4. The van der Waals surface area contributed by atoms with Gasteiger partial charge in [0, 0.05) is 60.7 Å². The van der Waals surface area contributed by atoms with Crippen molar-refractivity contribution in [2.75, 3.05) is 47.9 Å². The van der Waals surface area contributed by atoms with Crippen molar-refractivity contribution in [1.82, 2.24) is 51.6 Å². The maximum absolute atomic E-state index is 13.4. The zero-order valence-electron chi connectivity index (χ0n) is 41.3. The van der Waals surface area contributed by atoms with E-state index in [1.165, 1.54) is 31.5 Å². The lowest BCUT2D eigenvalue weighted by Crippen LogP contribution is -2.45. The van der Waals surface area contributed by atoms with E-state index in [0.29, 0.717) is 56.5 Å². The monoisotopic (exact) mass is 1010 g/mol. The van der Waals surface area contributed by atoms with E-state index in [1.54, 1.807) is 29.3 Å². The van der Waals surface area contributed by atoms with Gasteiger partial charge in [0.25, 0.3) is 11.8 Å². The number of anilines is 4. The molecule has 0 radical (unpaired) electrons. The molecule has 1 fully saturated rings. The molecule has 25 heteroatoms. The number of carboxylic acids is 1. The number of rotatable bonds is 23. The SMILES string of the molecule is C=C1CCC(=O)N1CCCCCC(=O)NCC(=O)NC(C)C(=O)Nc1ccc(C(=O)NCCCC(NC(=O)c2ccc3c(c2)CCN3Cc2cnc3nc(N)nc(N)c3n2)C(=O)O)c(/C(N)=N/NN)c1.CCC. The summed E-state index contributed by atoms with van der Waals surface area (Å²) in [7, 11) is 0. The third-order valence-electron chi connectivity index (χ3n) is 11.6. The number of allylic oxidation sites excluding steroid dienone is 1. The molecule has 6 rings (SSSR count). The van der Waals surface area contributed by atoms with Crippen molar-refractivity contribution in [3.05, 3.63) is 82.8 Å². The van der Waals surface area contributed by atoms with E-state index in [4.69, 9.17) is 23.0 Å². The molecule has 1 saturated heterocycles. The standard InChI is InChI=1S/C45H57N17O8.C3H8/c1-24-9-14-36(65)62(24)17-5-3-4-8-34(63)51-22-35(64)53-25(2)41(66)55-28-11-12-30(31(20-28)38(46)59-60-49)43(68)50-16-6-7-32(44(69)70)56-42(67)27-10-13-33-26(19-27)15-18-61(33)23-29-21-52-40-37(54-29)39(47)57-45(48)58-40;1-3-2/h10-13,19-21,25,32,60H,1,3-9,14-18,22-23,49H2,2H3,(H2,46,59)(H,50,68)(H,51,63)(H,53,64)(H,55,66)(H,56,67)(H,69,70)(H4,47,48,52,57,58);3H2,1-2H3. The number of benzene rings is 2. The van der Waals surface area contributed by atoms with E-state index >= 15 is 0 Å². The molecule has 4 aromatic rings. The molecule has 6 amide bonds. The number of aliphatic carboxylic acids is 1. The Balaban J connectivity index is 0.00000321. The van der Waals surface area contributed by atoms with Gasteiger partial charge in [-0.3, -0.25) is 28.8 Å². The first kappa shape index (κ1) is 55.4. The largest absolute Gasteiger partial charge is 0.480 e. The number of aromatic nitrogens is 4. The number of nitrogens with zero attached hydrogens (tertiary/aromatic N) is 7. The molecule has 2 aromatic carbocycles. The molecule has 15 N–H and O–H groups in total. The first-order chi connectivity index (χ1) is 34.9. The smallest absolute Gasteiger partial charge is 0.326 e. The summed E-state index contributed by atoms with van der Waals surface area (Å²) in [6.45, 7) is 10.9. The van der Waals surface area contributed by atoms with Gasteiger partial charge in [-0.05, 0) is 87.4 Å². The number of nitrogens with one attached hydrogen (secondary N) is 6. The van der Waals surface area contributed by atoms with Crippen LogP contribution in [0.4, 0.5) is 23.1 Å². The summed E-state index contributed by atoms with van der Waals surface area (Å²) < 4.78 is 0. The lowest BCUT2D eigenvalue weighted by molar-refractivity contribution is -0.139. The van der Waals surface area contributed by atoms with E-state index in [9.17, 15) is 38.7 Å². The molecule has 2 unspecified atom stereocenters. The van der Waals surface area contributed by atoms with E-state index in [0.717, 1.165) is 29.8 Å². The highest BCUT2D eigenvalue weighted by atomic mass is 16.4. The Morgan fingerprint density at radius 1 is 0.890 bits per heavy atom. The number of carbonyl (C=O) groups excluding carboxylic acids is 6. The second kappa shape index (κ2) is 26.7. The molecule has 2 aliphatic heterocycles. The van der Waals surface area contributed by atoms with Crippen LogP contribution in [-0.2, 0) is 36.9 Å². The number of fused-ring (bicyclic) bond motifs is 2. The van der Waals surface area contributed by atoms with Gasteiger partial charge in [0.2, 0.25) is 29.6 Å². The highest BCUT2D eigenvalue weighted by molar-refractivity contribution is 6.10. The van der Waals surface area contributed by atoms with Crippen molar-refractivity contribution >= 4 is 81.6 Å². The van der Waals surface area contributed by atoms with Gasteiger partial charge >= 0.3 is 5.97 Å². The summed E-state index contributed by atoms with van der Waals surface area (Å²) in [6, 6.07) is 7.04. The Morgan fingerprint density at radius 3 is 2.37 bits per heavy atom. The van der Waals surface area contributed by atoms with Crippen molar-refractivity contribution < 1.29 is 38.7 Å². The van der Waals surface area contributed by atoms with Gasteiger partial charge in [-0.1, -0.05) is 33.3 Å². The maximum Gasteiger partial charge on any atom is 0.326 e. The Hall–Kier alpha value is -8.48. The molecule has 0 spiro atoms. The van der Waals surface area contributed by atoms with Gasteiger partial charge in [-0.15, -0.1) is 5.10 Å². The number of carbonyl (C=O) groups is 7. The molecular formula is C48H65N17O8. The lowest BCUT2D eigenvalue weighted by Gasteiger charge is -2.19. The lowest BCUT2D eigenvalue weighted by atomic mass is 10.0. The Morgan fingerprint density at radius 2 is 1.66 bits per heavy atom. The summed E-state index contributed by atoms with van der Waals surface area (Å²) >= 11 is 0. The van der Waals surface area contributed by atoms with Gasteiger partial charge in [0.1, 0.15) is 12.1 Å². The average Bonchev–Trinajstić information content (AvgIpc) is 3.91. The zero-order valence-corrected chi connectivity index (χ0v) is 41.3. The van der Waals surface area contributed by atoms with E-state index in [2.05, 4.69) is 82.5 Å². The Bertz CT molecular complexity index is 2720. The second-order valence-corrected chi connectivity index (χ2v) is 17.3. The van der Waals surface area contributed by atoms with Crippen LogP contribution in [0.3, 0.4) is 0 Å². The van der Waals surface area contributed by atoms with Crippen molar-refractivity contribution in [3.8, 4) is 0 Å². The van der Waals surface area contributed by atoms with Crippen molar-refractivity contribution in [2.45, 2.75) is 104 Å². The Labute approximate surface area is 421 Å². The predicted octanol–water partition coefficient (Wildman–Crippen LogP) is 1.30. The van der Waals surface area contributed by atoms with Gasteiger partial charge in [0.15, 0.2) is 22.8 Å². The minimum Gasteiger partial charge on any atom is -0.480 e. The molecule has 2 atom stereocenters. The fraction of sp³-hybridized carbons (Fsp3) is 0.417. The van der Waals surface area contributed by atoms with Gasteiger partial charge < -0.3 is 58.7 Å². The number of hydrogen-bond donors (Lipinski definition) is 11. The van der Waals surface area contributed by atoms with Crippen molar-refractivity contribution in [2.24, 2.45) is 16.7 Å². The minimum atomic E-state index is -1.27. The molecule has 4 heterocycles. The third kappa shape index (κ3) is 15.8. The highest BCUT2D eigenvalue weighted by Gasteiger charge is 2.26. The molecule has 2 aliphatic rings. The number of likely N-dealkylation sites (tertiary alicyclic amines) is 1. The number of amides is 6. The molecule has 2 aromatic heterocycles. The van der Waals surface area contributed by atoms with Gasteiger partial charge in [-0.2, -0.15) is 9.97 Å². The number of hydrogen-bond acceptors (Lipinski definition) is 17. The van der Waals surface area contributed by atoms with E-state index in [-0.39, 0.29) is 89.8 Å². The van der Waals surface area contributed by atoms with Crippen LogP contribution < -0.4 is 60.1 Å². The quantitative estimate of drug-likeness (QED) is 0.0164. The molecular weight excluding hydrogens is 943 g/mol. The normalized spacial score (nSPS) is 13.8. The van der Waals surface area contributed by atoms with Gasteiger partial charge in [-0.25, -0.2) is 26.1 Å². The molecule has 0 aliphatic carbocycles. The zero-order chi connectivity index (χ0) is 53.2. The van der Waals surface area contributed by atoms with Gasteiger partial charge in [0.05, 0.1) is 30.5 Å². The summed E-state index contributed by atoms with van der Waals surface area (Å²) in [5, 5.41) is 26.7. The van der Waals surface area contributed by atoms with Crippen LogP contribution in [0, 0.1) is 0 Å². The number of hydrazone groups is 1. The van der Waals surface area contributed by atoms with Crippen molar-refractivity contribution in [1.29, 1.82) is 0 Å². The minimum absolute atomic E-state index is 0.0000272. The predicted molar refractivity (Wildman–Crippen MR) is 274 cm³/mol. The molecule has 73 heavy (non-hydrogen) atoms. The number of nitrogens with two attached hydrogens (primary N) is 4.